The molecule has 0 fully saturated rings. The number of nitrogens with two attached hydrogens (primary N) is 1. The summed E-state index contributed by atoms with van der Waals surface area (Å²) in [6.45, 7) is 9.70. The standard InChI is InChI=1S/C8H8BrF3N2.2C2H6/c1-2-5-7(13)4(9)3-6(14-5)8(10,11)12;2*1-2/h3H,2,13H2,1H3;2*1-2H3. The monoisotopic (exact) mass is 328 g/mol. The van der Waals surface area contributed by atoms with Crippen LogP contribution in [0.4, 0.5) is 18.9 Å². The Labute approximate surface area is 115 Å². The number of aryl methyl sites for hydroxylation is 1. The summed E-state index contributed by atoms with van der Waals surface area (Å²) in [6, 6.07) is 0.883. The van der Waals surface area contributed by atoms with Crippen LogP contribution in [0.5, 0.6) is 0 Å². The molecule has 1 aromatic rings. The number of nitrogen functional groups attached to an aromatic ring is 1. The Bertz CT molecular complexity index is 352. The van der Waals surface area contributed by atoms with E-state index in [-0.39, 0.29) is 15.9 Å². The Morgan fingerprint density at radius 1 is 1.22 bits per heavy atom. The van der Waals surface area contributed by atoms with Gasteiger partial charge in [-0.2, -0.15) is 13.2 Å². The van der Waals surface area contributed by atoms with Gasteiger partial charge in [0, 0.05) is 4.47 Å². The molecule has 6 heteroatoms. The first-order valence-corrected chi connectivity index (χ1v) is 6.67. The molecule has 1 rings (SSSR count). The highest BCUT2D eigenvalue weighted by Crippen LogP contribution is 2.32. The van der Waals surface area contributed by atoms with Gasteiger partial charge >= 0.3 is 6.18 Å². The Balaban J connectivity index is 0. The van der Waals surface area contributed by atoms with Gasteiger partial charge in [-0.1, -0.05) is 34.6 Å². The predicted octanol–water partition coefficient (Wildman–Crippen LogP) is 5.06. The van der Waals surface area contributed by atoms with Crippen molar-refractivity contribution in [3.8, 4) is 0 Å². The average molecular weight is 329 g/mol. The van der Waals surface area contributed by atoms with Gasteiger partial charge in [-0.25, -0.2) is 4.98 Å². The van der Waals surface area contributed by atoms with Crippen molar-refractivity contribution in [2.75, 3.05) is 5.73 Å². The molecule has 0 aliphatic heterocycles. The third kappa shape index (κ3) is 5.71. The summed E-state index contributed by atoms with van der Waals surface area (Å²) in [7, 11) is 0. The number of rotatable bonds is 1. The van der Waals surface area contributed by atoms with E-state index in [1.54, 1.807) is 6.92 Å². The van der Waals surface area contributed by atoms with Crippen LogP contribution >= 0.6 is 15.9 Å². The van der Waals surface area contributed by atoms with Crippen LogP contribution in [0.2, 0.25) is 0 Å². The van der Waals surface area contributed by atoms with Gasteiger partial charge < -0.3 is 5.73 Å². The number of hydrogen-bond acceptors (Lipinski definition) is 2. The van der Waals surface area contributed by atoms with Gasteiger partial charge in [0.15, 0.2) is 0 Å². The Hall–Kier alpha value is -0.780. The maximum absolute atomic E-state index is 12.3. The molecule has 0 unspecified atom stereocenters. The predicted molar refractivity (Wildman–Crippen MR) is 73.4 cm³/mol. The molecular formula is C12H20BrF3N2. The zero-order valence-corrected chi connectivity index (χ0v) is 12.9. The molecular weight excluding hydrogens is 309 g/mol. The SMILES string of the molecule is CC.CC.CCc1nc(C(F)(F)F)cc(Br)c1N. The van der Waals surface area contributed by atoms with E-state index < -0.39 is 11.9 Å². The van der Waals surface area contributed by atoms with Gasteiger partial charge in [0.1, 0.15) is 5.69 Å². The summed E-state index contributed by atoms with van der Waals surface area (Å²) >= 11 is 2.97. The van der Waals surface area contributed by atoms with Crippen molar-refractivity contribution in [3.63, 3.8) is 0 Å². The van der Waals surface area contributed by atoms with Crippen molar-refractivity contribution < 1.29 is 13.2 Å². The molecule has 1 heterocycles. The van der Waals surface area contributed by atoms with Gasteiger partial charge in [0.25, 0.3) is 0 Å². The van der Waals surface area contributed by atoms with E-state index in [0.717, 1.165) is 6.07 Å². The van der Waals surface area contributed by atoms with Gasteiger partial charge in [-0.15, -0.1) is 0 Å². The zero-order valence-electron chi connectivity index (χ0n) is 11.3. The fourth-order valence-electron chi connectivity index (χ4n) is 0.988. The fraction of sp³-hybridized carbons (Fsp3) is 0.583. The van der Waals surface area contributed by atoms with E-state index in [9.17, 15) is 13.2 Å². The summed E-state index contributed by atoms with van der Waals surface area (Å²) < 4.78 is 37.1. The summed E-state index contributed by atoms with van der Waals surface area (Å²) in [5.41, 5.74) is 5.13. The van der Waals surface area contributed by atoms with Crippen LogP contribution in [0.25, 0.3) is 0 Å². The van der Waals surface area contributed by atoms with Crippen molar-refractivity contribution in [2.45, 2.75) is 47.2 Å². The van der Waals surface area contributed by atoms with Gasteiger partial charge in [-0.05, 0) is 28.4 Å². The minimum atomic E-state index is -4.43. The van der Waals surface area contributed by atoms with Crippen molar-refractivity contribution in [3.05, 3.63) is 21.9 Å². The Morgan fingerprint density at radius 3 is 2.00 bits per heavy atom. The van der Waals surface area contributed by atoms with Crippen LogP contribution < -0.4 is 5.73 Å². The third-order valence-corrected chi connectivity index (χ3v) is 2.37. The van der Waals surface area contributed by atoms with Crippen molar-refractivity contribution in [1.29, 1.82) is 0 Å². The number of nitrogens with zero attached hydrogens (tertiary/aromatic N) is 1. The van der Waals surface area contributed by atoms with Crippen molar-refractivity contribution in [2.24, 2.45) is 0 Å². The molecule has 2 nitrogen and oxygen atoms in total. The van der Waals surface area contributed by atoms with E-state index >= 15 is 0 Å². The van der Waals surface area contributed by atoms with E-state index in [1.165, 1.54) is 0 Å². The number of pyridine rings is 1. The smallest absolute Gasteiger partial charge is 0.396 e. The van der Waals surface area contributed by atoms with Crippen LogP contribution in [0.1, 0.15) is 46.0 Å². The molecule has 0 atom stereocenters. The summed E-state index contributed by atoms with van der Waals surface area (Å²) in [5.74, 6) is 0. The highest BCUT2D eigenvalue weighted by molar-refractivity contribution is 9.10. The van der Waals surface area contributed by atoms with E-state index in [0.29, 0.717) is 6.42 Å². The molecule has 0 aliphatic carbocycles. The molecule has 18 heavy (non-hydrogen) atoms. The molecule has 1 aromatic heterocycles. The van der Waals surface area contributed by atoms with Crippen LogP contribution in [-0.2, 0) is 12.6 Å². The second-order valence-corrected chi connectivity index (χ2v) is 3.56. The summed E-state index contributed by atoms with van der Waals surface area (Å²) in [6.07, 6.45) is -4.06. The lowest BCUT2D eigenvalue weighted by atomic mass is 10.2. The zero-order chi connectivity index (χ0) is 14.9. The van der Waals surface area contributed by atoms with Crippen molar-refractivity contribution in [1.82, 2.24) is 4.98 Å². The van der Waals surface area contributed by atoms with Crippen molar-refractivity contribution >= 4 is 21.6 Å². The molecule has 0 radical (unpaired) electrons. The topological polar surface area (TPSA) is 38.9 Å². The number of halogens is 4. The van der Waals surface area contributed by atoms with E-state index in [1.807, 2.05) is 27.7 Å². The molecule has 0 saturated carbocycles. The number of alkyl halides is 3. The first kappa shape index (κ1) is 19.6. The first-order valence-electron chi connectivity index (χ1n) is 5.88. The van der Waals surface area contributed by atoms with Crippen LogP contribution in [0, 0.1) is 0 Å². The summed E-state index contributed by atoms with van der Waals surface area (Å²) in [4.78, 5) is 3.44. The molecule has 0 spiro atoms. The van der Waals surface area contributed by atoms with Gasteiger partial charge in [-0.3, -0.25) is 0 Å². The molecule has 0 saturated heterocycles. The normalized spacial score (nSPS) is 9.83. The fourth-order valence-corrected chi connectivity index (χ4v) is 1.43. The highest BCUT2D eigenvalue weighted by atomic mass is 79.9. The number of anilines is 1. The lowest BCUT2D eigenvalue weighted by Crippen LogP contribution is -2.11. The molecule has 0 aromatic carbocycles. The minimum Gasteiger partial charge on any atom is -0.396 e. The molecule has 0 amide bonds. The minimum absolute atomic E-state index is 0.233. The average Bonchev–Trinajstić information content (AvgIpc) is 2.36. The Morgan fingerprint density at radius 2 is 1.67 bits per heavy atom. The third-order valence-electron chi connectivity index (χ3n) is 1.71. The maximum Gasteiger partial charge on any atom is 0.433 e. The first-order chi connectivity index (χ1) is 8.36. The van der Waals surface area contributed by atoms with Crippen LogP contribution in [-0.4, -0.2) is 4.98 Å². The maximum atomic E-state index is 12.3. The summed E-state index contributed by atoms with van der Waals surface area (Å²) in [5, 5.41) is 0. The lowest BCUT2D eigenvalue weighted by Gasteiger charge is -2.10. The quantitative estimate of drug-likeness (QED) is 0.782. The second-order valence-electron chi connectivity index (χ2n) is 2.70. The number of aromatic nitrogens is 1. The lowest BCUT2D eigenvalue weighted by molar-refractivity contribution is -0.141. The second kappa shape index (κ2) is 9.19. The van der Waals surface area contributed by atoms with Gasteiger partial charge in [0.2, 0.25) is 0 Å². The van der Waals surface area contributed by atoms with Crippen LogP contribution in [0.15, 0.2) is 10.5 Å². The molecule has 0 aliphatic rings. The van der Waals surface area contributed by atoms with Gasteiger partial charge in [0.05, 0.1) is 11.4 Å². The molecule has 0 bridgehead atoms. The van der Waals surface area contributed by atoms with Crippen LogP contribution in [0.3, 0.4) is 0 Å². The molecule has 106 valence electrons. The van der Waals surface area contributed by atoms with E-state index in [4.69, 9.17) is 5.73 Å². The largest absolute Gasteiger partial charge is 0.433 e. The Kier molecular flexibility index (Phi) is 9.99. The number of hydrogen-bond donors (Lipinski definition) is 1. The van der Waals surface area contributed by atoms with E-state index in [2.05, 4.69) is 20.9 Å². The molecule has 2 N–H and O–H groups in total. The highest BCUT2D eigenvalue weighted by Gasteiger charge is 2.33.